The molecule has 4 aromatic rings. The van der Waals surface area contributed by atoms with E-state index in [1.54, 1.807) is 0 Å². The topological polar surface area (TPSA) is 20.2 Å². The van der Waals surface area contributed by atoms with E-state index in [-0.39, 0.29) is 0 Å². The lowest BCUT2D eigenvalue weighted by Gasteiger charge is -2.33. The monoisotopic (exact) mass is 461 g/mol. The van der Waals surface area contributed by atoms with Crippen LogP contribution in [0.2, 0.25) is 0 Å². The second-order valence-corrected chi connectivity index (χ2v) is 9.23. The molecule has 0 unspecified atom stereocenters. The number of anilines is 1. The molecule has 0 saturated carbocycles. The Morgan fingerprint density at radius 2 is 1.63 bits per heavy atom. The molecule has 1 fully saturated rings. The summed E-state index contributed by atoms with van der Waals surface area (Å²) in [5, 5.41) is 6.45. The van der Waals surface area contributed by atoms with Gasteiger partial charge in [0.25, 0.3) is 0 Å². The van der Waals surface area contributed by atoms with E-state index in [4.69, 9.17) is 0 Å². The smallest absolute Gasteiger partial charge is 0.0491 e. The van der Waals surface area contributed by atoms with E-state index in [2.05, 4.69) is 104 Å². The van der Waals surface area contributed by atoms with Crippen molar-refractivity contribution in [1.29, 1.82) is 0 Å². The highest BCUT2D eigenvalue weighted by atomic mass is 79.9. The average molecular weight is 462 g/mol. The molecule has 1 aliphatic heterocycles. The number of fused-ring (bicyclic) bond motifs is 3. The Balaban J connectivity index is 1.27. The quantitative estimate of drug-likeness (QED) is 0.358. The lowest BCUT2D eigenvalue weighted by Crippen LogP contribution is -2.38. The van der Waals surface area contributed by atoms with Crippen molar-refractivity contribution in [2.45, 2.75) is 38.9 Å². The first-order valence-electron chi connectivity index (χ1n) is 11.0. The number of likely N-dealkylation sites (tertiary alicyclic amines) is 1. The first kappa shape index (κ1) is 19.7. The number of para-hydroxylation sites is 1. The SMILES string of the molecule is CCn1c2ccccc2c2cc(CN3CCC(Nc4ccc(Br)cc4)CC3)ccc21. The second kappa shape index (κ2) is 8.44. The van der Waals surface area contributed by atoms with Crippen molar-refractivity contribution < 1.29 is 0 Å². The summed E-state index contributed by atoms with van der Waals surface area (Å²) in [4.78, 5) is 2.60. The standard InChI is InChI=1S/C26H28BrN3/c1-2-30-25-6-4-3-5-23(25)24-17-19(7-12-26(24)30)18-29-15-13-22(14-16-29)28-21-10-8-20(27)9-11-21/h3-12,17,22,28H,2,13-16,18H2,1H3. The highest BCUT2D eigenvalue weighted by molar-refractivity contribution is 9.10. The Morgan fingerprint density at radius 1 is 0.900 bits per heavy atom. The van der Waals surface area contributed by atoms with Gasteiger partial charge in [-0.1, -0.05) is 40.2 Å². The molecular weight excluding hydrogens is 434 g/mol. The molecule has 1 N–H and O–H groups in total. The molecule has 0 aliphatic carbocycles. The van der Waals surface area contributed by atoms with Gasteiger partial charge in [0.2, 0.25) is 0 Å². The highest BCUT2D eigenvalue weighted by Gasteiger charge is 2.19. The Labute approximate surface area is 186 Å². The fourth-order valence-corrected chi connectivity index (χ4v) is 5.08. The molecule has 0 amide bonds. The number of nitrogens with one attached hydrogen (secondary N) is 1. The van der Waals surface area contributed by atoms with Crippen LogP contribution in [0.5, 0.6) is 0 Å². The predicted octanol–water partition coefficient (Wildman–Crippen LogP) is 6.65. The summed E-state index contributed by atoms with van der Waals surface area (Å²) >= 11 is 3.51. The van der Waals surface area contributed by atoms with Gasteiger partial charge in [-0.25, -0.2) is 0 Å². The van der Waals surface area contributed by atoms with Crippen LogP contribution in [0.15, 0.2) is 71.2 Å². The summed E-state index contributed by atoms with van der Waals surface area (Å²) in [6.07, 6.45) is 2.38. The first-order chi connectivity index (χ1) is 14.7. The van der Waals surface area contributed by atoms with Crippen molar-refractivity contribution in [3.8, 4) is 0 Å². The summed E-state index contributed by atoms with van der Waals surface area (Å²) in [6.45, 7) is 6.55. The minimum atomic E-state index is 0.562. The normalized spacial score (nSPS) is 15.8. The van der Waals surface area contributed by atoms with E-state index >= 15 is 0 Å². The molecule has 4 heteroatoms. The van der Waals surface area contributed by atoms with Gasteiger partial charge >= 0.3 is 0 Å². The Hall–Kier alpha value is -2.30. The van der Waals surface area contributed by atoms with Gasteiger partial charge in [0.15, 0.2) is 0 Å². The molecule has 0 radical (unpaired) electrons. The molecule has 1 aromatic heterocycles. The third kappa shape index (κ3) is 3.86. The van der Waals surface area contributed by atoms with Crippen LogP contribution in [0.25, 0.3) is 21.8 Å². The van der Waals surface area contributed by atoms with Gasteiger partial charge in [0.1, 0.15) is 0 Å². The van der Waals surface area contributed by atoms with Crippen molar-refractivity contribution in [2.24, 2.45) is 0 Å². The van der Waals surface area contributed by atoms with E-state index in [0.717, 1.165) is 30.7 Å². The number of aromatic nitrogens is 1. The maximum absolute atomic E-state index is 3.70. The van der Waals surface area contributed by atoms with E-state index in [1.165, 1.54) is 45.9 Å². The number of benzene rings is 3. The van der Waals surface area contributed by atoms with Crippen molar-refractivity contribution in [3.05, 3.63) is 76.8 Å². The Bertz CT molecular complexity index is 1150. The summed E-state index contributed by atoms with van der Waals surface area (Å²) < 4.78 is 3.55. The molecule has 154 valence electrons. The van der Waals surface area contributed by atoms with Crippen LogP contribution in [0, 0.1) is 0 Å². The minimum absolute atomic E-state index is 0.562. The molecule has 2 heterocycles. The number of hydrogen-bond acceptors (Lipinski definition) is 2. The van der Waals surface area contributed by atoms with Crippen molar-refractivity contribution in [3.63, 3.8) is 0 Å². The maximum atomic E-state index is 3.70. The summed E-state index contributed by atoms with van der Waals surface area (Å²) in [6, 6.07) is 24.9. The molecule has 0 bridgehead atoms. The van der Waals surface area contributed by atoms with Gasteiger partial charge in [0, 0.05) is 64.2 Å². The molecule has 0 atom stereocenters. The van der Waals surface area contributed by atoms with Crippen molar-refractivity contribution in [1.82, 2.24) is 9.47 Å². The lowest BCUT2D eigenvalue weighted by atomic mass is 10.0. The van der Waals surface area contributed by atoms with Gasteiger partial charge in [-0.05, 0) is 67.8 Å². The van der Waals surface area contributed by atoms with Crippen LogP contribution in [0.4, 0.5) is 5.69 Å². The van der Waals surface area contributed by atoms with Gasteiger partial charge in [0.05, 0.1) is 0 Å². The van der Waals surface area contributed by atoms with Crippen LogP contribution >= 0.6 is 15.9 Å². The molecule has 5 rings (SSSR count). The number of aryl methyl sites for hydroxylation is 1. The van der Waals surface area contributed by atoms with E-state index < -0.39 is 0 Å². The number of nitrogens with zero attached hydrogens (tertiary/aromatic N) is 2. The van der Waals surface area contributed by atoms with Gasteiger partial charge < -0.3 is 9.88 Å². The zero-order valence-electron chi connectivity index (χ0n) is 17.4. The zero-order chi connectivity index (χ0) is 20.5. The summed E-state index contributed by atoms with van der Waals surface area (Å²) in [5.74, 6) is 0. The van der Waals surface area contributed by atoms with Crippen LogP contribution in [-0.2, 0) is 13.1 Å². The number of rotatable bonds is 5. The number of piperidine rings is 1. The summed E-state index contributed by atoms with van der Waals surface area (Å²) in [5.41, 5.74) is 5.32. The highest BCUT2D eigenvalue weighted by Crippen LogP contribution is 2.30. The van der Waals surface area contributed by atoms with Crippen LogP contribution in [0.3, 0.4) is 0 Å². The Morgan fingerprint density at radius 3 is 2.40 bits per heavy atom. The minimum Gasteiger partial charge on any atom is -0.382 e. The van der Waals surface area contributed by atoms with Crippen LogP contribution in [-0.4, -0.2) is 28.6 Å². The maximum Gasteiger partial charge on any atom is 0.0491 e. The van der Waals surface area contributed by atoms with Crippen molar-refractivity contribution >= 4 is 43.4 Å². The van der Waals surface area contributed by atoms with Crippen LogP contribution < -0.4 is 5.32 Å². The first-order valence-corrected chi connectivity index (χ1v) is 11.7. The van der Waals surface area contributed by atoms with Crippen molar-refractivity contribution in [2.75, 3.05) is 18.4 Å². The van der Waals surface area contributed by atoms with E-state index in [0.29, 0.717) is 6.04 Å². The molecular formula is C26H28BrN3. The molecule has 3 nitrogen and oxygen atoms in total. The fraction of sp³-hybridized carbons (Fsp3) is 0.308. The number of halogens is 1. The molecule has 30 heavy (non-hydrogen) atoms. The Kier molecular flexibility index (Phi) is 5.53. The van der Waals surface area contributed by atoms with Gasteiger partial charge in [-0.2, -0.15) is 0 Å². The van der Waals surface area contributed by atoms with Gasteiger partial charge in [-0.3, -0.25) is 4.90 Å². The fourth-order valence-electron chi connectivity index (χ4n) is 4.82. The third-order valence-electron chi connectivity index (χ3n) is 6.36. The molecule has 1 saturated heterocycles. The largest absolute Gasteiger partial charge is 0.382 e. The van der Waals surface area contributed by atoms with E-state index in [1.807, 2.05) is 0 Å². The molecule has 3 aromatic carbocycles. The zero-order valence-corrected chi connectivity index (χ0v) is 19.0. The lowest BCUT2D eigenvalue weighted by molar-refractivity contribution is 0.211. The second-order valence-electron chi connectivity index (χ2n) is 8.31. The molecule has 0 spiro atoms. The predicted molar refractivity (Wildman–Crippen MR) is 131 cm³/mol. The van der Waals surface area contributed by atoms with Crippen LogP contribution in [0.1, 0.15) is 25.3 Å². The van der Waals surface area contributed by atoms with E-state index in [9.17, 15) is 0 Å². The third-order valence-corrected chi connectivity index (χ3v) is 6.89. The van der Waals surface area contributed by atoms with Gasteiger partial charge in [-0.15, -0.1) is 0 Å². The number of hydrogen-bond donors (Lipinski definition) is 1. The summed E-state index contributed by atoms with van der Waals surface area (Å²) in [7, 11) is 0. The average Bonchev–Trinajstić information content (AvgIpc) is 3.10. The molecule has 1 aliphatic rings.